The van der Waals surface area contributed by atoms with Crippen LogP contribution in [0.3, 0.4) is 0 Å². The van der Waals surface area contributed by atoms with Crippen LogP contribution in [0.4, 0.5) is 26.3 Å². The summed E-state index contributed by atoms with van der Waals surface area (Å²) in [7, 11) is 0.687. The standard InChI is InChI=1S/C12H8F6O3/c1-21-10-7(11(13,14)15)4-6(2-3-9(19)20)5-8(10)12(16,17)18/h2-5H,1H3,(H,19,20). The number of benzene rings is 1. The van der Waals surface area contributed by atoms with Crippen molar-refractivity contribution in [2.45, 2.75) is 12.4 Å². The molecule has 21 heavy (non-hydrogen) atoms. The van der Waals surface area contributed by atoms with Gasteiger partial charge in [-0.05, 0) is 23.8 Å². The van der Waals surface area contributed by atoms with Gasteiger partial charge in [-0.15, -0.1) is 0 Å². The summed E-state index contributed by atoms with van der Waals surface area (Å²) in [6.07, 6.45) is -9.11. The SMILES string of the molecule is COc1c(C(F)(F)F)cc(C=CC(=O)O)cc1C(F)(F)F. The molecule has 0 atom stereocenters. The molecule has 9 heteroatoms. The second-order valence-corrected chi connectivity index (χ2v) is 3.82. The summed E-state index contributed by atoms with van der Waals surface area (Å²) in [6.45, 7) is 0. The molecule has 1 rings (SSSR count). The minimum atomic E-state index is -5.08. The molecule has 0 aliphatic rings. The predicted octanol–water partition coefficient (Wildman–Crippen LogP) is 3.83. The van der Waals surface area contributed by atoms with Crippen LogP contribution < -0.4 is 4.74 Å². The lowest BCUT2D eigenvalue weighted by Gasteiger charge is -2.18. The number of hydrogen-bond donors (Lipinski definition) is 1. The highest BCUT2D eigenvalue weighted by Crippen LogP contribution is 2.44. The highest BCUT2D eigenvalue weighted by Gasteiger charge is 2.42. The van der Waals surface area contributed by atoms with E-state index in [4.69, 9.17) is 5.11 Å². The number of hydrogen-bond acceptors (Lipinski definition) is 2. The number of aliphatic carboxylic acids is 1. The molecule has 0 aromatic heterocycles. The minimum Gasteiger partial charge on any atom is -0.495 e. The summed E-state index contributed by atoms with van der Waals surface area (Å²) < 4.78 is 81.0. The van der Waals surface area contributed by atoms with Crippen molar-refractivity contribution in [3.05, 3.63) is 34.9 Å². The maximum absolute atomic E-state index is 12.8. The molecule has 0 saturated carbocycles. The van der Waals surface area contributed by atoms with E-state index in [0.717, 1.165) is 0 Å². The predicted molar refractivity (Wildman–Crippen MR) is 59.7 cm³/mol. The van der Waals surface area contributed by atoms with Crippen LogP contribution in [-0.2, 0) is 17.1 Å². The molecule has 3 nitrogen and oxygen atoms in total. The average Bonchev–Trinajstić information content (AvgIpc) is 2.32. The monoisotopic (exact) mass is 314 g/mol. The Hall–Kier alpha value is -2.19. The number of halogens is 6. The lowest BCUT2D eigenvalue weighted by Crippen LogP contribution is -2.14. The number of carboxylic acid groups (broad SMARTS) is 1. The van der Waals surface area contributed by atoms with Crippen LogP contribution in [0, 0.1) is 0 Å². The van der Waals surface area contributed by atoms with E-state index in [1.807, 2.05) is 0 Å². The van der Waals surface area contributed by atoms with Gasteiger partial charge in [-0.1, -0.05) is 0 Å². The molecule has 0 fully saturated rings. The molecule has 0 unspecified atom stereocenters. The molecule has 1 aromatic carbocycles. The third-order valence-corrected chi connectivity index (χ3v) is 2.34. The number of methoxy groups -OCH3 is 1. The molecule has 1 N–H and O–H groups in total. The number of carboxylic acids is 1. The minimum absolute atomic E-state index is 0.382. The van der Waals surface area contributed by atoms with Crippen molar-refractivity contribution in [3.8, 4) is 5.75 Å². The van der Waals surface area contributed by atoms with Gasteiger partial charge < -0.3 is 9.84 Å². The summed E-state index contributed by atoms with van der Waals surface area (Å²) >= 11 is 0. The molecule has 0 saturated heterocycles. The fourth-order valence-electron chi connectivity index (χ4n) is 1.56. The van der Waals surface area contributed by atoms with E-state index in [9.17, 15) is 31.1 Å². The van der Waals surface area contributed by atoms with Gasteiger partial charge in [-0.3, -0.25) is 0 Å². The fraction of sp³-hybridized carbons (Fsp3) is 0.250. The van der Waals surface area contributed by atoms with Crippen LogP contribution in [0.15, 0.2) is 18.2 Å². The first-order valence-corrected chi connectivity index (χ1v) is 5.24. The molecular formula is C12H8F6O3. The third kappa shape index (κ3) is 4.14. The van der Waals surface area contributed by atoms with E-state index < -0.39 is 40.8 Å². The zero-order chi connectivity index (χ0) is 16.4. The lowest BCUT2D eigenvalue weighted by atomic mass is 10.0. The summed E-state index contributed by atoms with van der Waals surface area (Å²) in [5.41, 5.74) is -3.83. The van der Waals surface area contributed by atoms with Crippen molar-refractivity contribution in [1.82, 2.24) is 0 Å². The van der Waals surface area contributed by atoms with Crippen molar-refractivity contribution in [3.63, 3.8) is 0 Å². The van der Waals surface area contributed by atoms with E-state index in [1.54, 1.807) is 0 Å². The Labute approximate surface area is 114 Å². The Kier molecular flexibility index (Phi) is 4.55. The van der Waals surface area contributed by atoms with Gasteiger partial charge in [0.15, 0.2) is 0 Å². The first-order chi connectivity index (χ1) is 9.46. The van der Waals surface area contributed by atoms with Gasteiger partial charge in [0.05, 0.1) is 18.2 Å². The summed E-state index contributed by atoms with van der Waals surface area (Å²) in [5.74, 6) is -2.87. The van der Waals surface area contributed by atoms with Crippen LogP contribution in [0.25, 0.3) is 6.08 Å². The van der Waals surface area contributed by atoms with Gasteiger partial charge >= 0.3 is 18.3 Å². The molecule has 0 spiro atoms. The second-order valence-electron chi connectivity index (χ2n) is 3.82. The molecule has 0 aliphatic heterocycles. The molecular weight excluding hydrogens is 306 g/mol. The van der Waals surface area contributed by atoms with E-state index in [1.165, 1.54) is 0 Å². The van der Waals surface area contributed by atoms with Crippen LogP contribution >= 0.6 is 0 Å². The highest BCUT2D eigenvalue weighted by molar-refractivity contribution is 5.85. The Bertz CT molecular complexity index is 536. The van der Waals surface area contributed by atoms with Crippen LogP contribution in [0.5, 0.6) is 5.75 Å². The molecule has 1 aromatic rings. The molecule has 0 amide bonds. The summed E-state index contributed by atoms with van der Waals surface area (Å²) in [5, 5.41) is 8.38. The van der Waals surface area contributed by atoms with Gasteiger partial charge in [0.1, 0.15) is 5.75 Å². The van der Waals surface area contributed by atoms with Gasteiger partial charge in [-0.25, -0.2) is 4.79 Å². The first kappa shape index (κ1) is 16.9. The Morgan fingerprint density at radius 1 is 1.10 bits per heavy atom. The normalized spacial score (nSPS) is 12.7. The van der Waals surface area contributed by atoms with E-state index >= 15 is 0 Å². The van der Waals surface area contributed by atoms with Gasteiger partial charge in [0.2, 0.25) is 0 Å². The Morgan fingerprint density at radius 3 is 1.81 bits per heavy atom. The smallest absolute Gasteiger partial charge is 0.419 e. The largest absolute Gasteiger partial charge is 0.495 e. The second kappa shape index (κ2) is 5.66. The summed E-state index contributed by atoms with van der Waals surface area (Å²) in [6, 6.07) is 0.765. The quantitative estimate of drug-likeness (QED) is 0.681. The van der Waals surface area contributed by atoms with E-state index in [0.29, 0.717) is 31.4 Å². The van der Waals surface area contributed by atoms with Gasteiger partial charge in [0, 0.05) is 6.08 Å². The molecule has 116 valence electrons. The van der Waals surface area contributed by atoms with Crippen LogP contribution in [-0.4, -0.2) is 18.2 Å². The molecule has 0 aliphatic carbocycles. The molecule has 0 radical (unpaired) electrons. The van der Waals surface area contributed by atoms with Gasteiger partial charge in [-0.2, -0.15) is 26.3 Å². The summed E-state index contributed by atoms with van der Waals surface area (Å²) in [4.78, 5) is 10.3. The van der Waals surface area contributed by atoms with E-state index in [-0.39, 0.29) is 0 Å². The lowest BCUT2D eigenvalue weighted by molar-refractivity contribution is -0.145. The zero-order valence-electron chi connectivity index (χ0n) is 10.3. The first-order valence-electron chi connectivity index (χ1n) is 5.24. The maximum Gasteiger partial charge on any atom is 0.419 e. The highest BCUT2D eigenvalue weighted by atomic mass is 19.4. The van der Waals surface area contributed by atoms with Crippen molar-refractivity contribution in [1.29, 1.82) is 0 Å². The molecule has 0 heterocycles. The van der Waals surface area contributed by atoms with E-state index in [2.05, 4.69) is 4.74 Å². The number of alkyl halides is 6. The fourth-order valence-corrected chi connectivity index (χ4v) is 1.56. The molecule has 0 bridgehead atoms. The van der Waals surface area contributed by atoms with Crippen molar-refractivity contribution in [2.24, 2.45) is 0 Å². The van der Waals surface area contributed by atoms with Crippen LogP contribution in [0.2, 0.25) is 0 Å². The van der Waals surface area contributed by atoms with Crippen molar-refractivity contribution >= 4 is 12.0 Å². The van der Waals surface area contributed by atoms with Gasteiger partial charge in [0.25, 0.3) is 0 Å². The Balaban J connectivity index is 3.63. The van der Waals surface area contributed by atoms with Crippen molar-refractivity contribution < 1.29 is 41.0 Å². The number of ether oxygens (including phenoxy) is 1. The topological polar surface area (TPSA) is 46.5 Å². The van der Waals surface area contributed by atoms with Crippen molar-refractivity contribution in [2.75, 3.05) is 7.11 Å². The zero-order valence-corrected chi connectivity index (χ0v) is 10.3. The van der Waals surface area contributed by atoms with Crippen LogP contribution in [0.1, 0.15) is 16.7 Å². The maximum atomic E-state index is 12.8. The Morgan fingerprint density at radius 2 is 1.52 bits per heavy atom. The number of carbonyl (C=O) groups is 1. The third-order valence-electron chi connectivity index (χ3n) is 2.34. The number of rotatable bonds is 3. The average molecular weight is 314 g/mol.